The SMILES string of the molecule is O=C1COc2ccccc2OCC(=O)NOc2cccc(c2OCCc2ccccc2)ON1. The lowest BCUT2D eigenvalue weighted by molar-refractivity contribution is -0.130. The monoisotopic (exact) mass is 450 g/mol. The third kappa shape index (κ3) is 6.07. The molecule has 3 aromatic rings. The number of amides is 2. The van der Waals surface area contributed by atoms with E-state index in [0.717, 1.165) is 5.56 Å². The van der Waals surface area contributed by atoms with Crippen LogP contribution in [0.5, 0.6) is 28.7 Å². The van der Waals surface area contributed by atoms with Gasteiger partial charge in [-0.3, -0.25) is 9.59 Å². The molecule has 2 N–H and O–H groups in total. The van der Waals surface area contributed by atoms with E-state index in [1.807, 2.05) is 30.3 Å². The second kappa shape index (κ2) is 10.8. The lowest BCUT2D eigenvalue weighted by Gasteiger charge is -2.16. The summed E-state index contributed by atoms with van der Waals surface area (Å²) in [5, 5.41) is 0. The van der Waals surface area contributed by atoms with E-state index >= 15 is 0 Å². The van der Waals surface area contributed by atoms with Crippen LogP contribution in [0.15, 0.2) is 72.8 Å². The van der Waals surface area contributed by atoms with Gasteiger partial charge in [-0.05, 0) is 29.8 Å². The summed E-state index contributed by atoms with van der Waals surface area (Å²) in [7, 11) is 0. The van der Waals surface area contributed by atoms with Crippen LogP contribution in [-0.4, -0.2) is 31.6 Å². The van der Waals surface area contributed by atoms with Crippen LogP contribution in [-0.2, 0) is 16.0 Å². The van der Waals surface area contributed by atoms with Gasteiger partial charge in [0.2, 0.25) is 17.2 Å². The van der Waals surface area contributed by atoms with Crippen molar-refractivity contribution in [2.75, 3.05) is 19.8 Å². The average Bonchev–Trinajstić information content (AvgIpc) is 2.85. The molecule has 170 valence electrons. The Balaban J connectivity index is 1.51. The van der Waals surface area contributed by atoms with E-state index in [1.165, 1.54) is 0 Å². The van der Waals surface area contributed by atoms with Crippen LogP contribution in [0.3, 0.4) is 0 Å². The van der Waals surface area contributed by atoms with Crippen LogP contribution in [0.4, 0.5) is 0 Å². The van der Waals surface area contributed by atoms with E-state index in [1.54, 1.807) is 42.5 Å². The van der Waals surface area contributed by atoms with Crippen molar-refractivity contribution in [3.8, 4) is 28.7 Å². The molecule has 0 atom stereocenters. The van der Waals surface area contributed by atoms with Crippen molar-refractivity contribution in [3.63, 3.8) is 0 Å². The van der Waals surface area contributed by atoms with Crippen LogP contribution in [0.25, 0.3) is 0 Å². The smallest absolute Gasteiger partial charge is 0.290 e. The number of ether oxygens (including phenoxy) is 3. The van der Waals surface area contributed by atoms with Gasteiger partial charge < -0.3 is 23.9 Å². The van der Waals surface area contributed by atoms with Crippen molar-refractivity contribution in [1.82, 2.24) is 11.0 Å². The van der Waals surface area contributed by atoms with Gasteiger partial charge in [-0.15, -0.1) is 0 Å². The zero-order valence-electron chi connectivity index (χ0n) is 17.6. The normalized spacial score (nSPS) is 13.8. The molecule has 0 fully saturated rings. The first kappa shape index (κ1) is 21.8. The number of hydrogen-bond acceptors (Lipinski definition) is 7. The van der Waals surface area contributed by atoms with Gasteiger partial charge in [0.25, 0.3) is 11.8 Å². The van der Waals surface area contributed by atoms with Crippen molar-refractivity contribution >= 4 is 11.8 Å². The van der Waals surface area contributed by atoms with Crippen LogP contribution in [0.2, 0.25) is 0 Å². The Morgan fingerprint density at radius 3 is 1.76 bits per heavy atom. The Morgan fingerprint density at radius 1 is 0.667 bits per heavy atom. The zero-order valence-corrected chi connectivity index (χ0v) is 17.6. The number of nitrogens with one attached hydrogen (secondary N) is 2. The zero-order chi connectivity index (χ0) is 22.9. The molecule has 1 heterocycles. The Morgan fingerprint density at radius 2 is 1.18 bits per heavy atom. The fourth-order valence-electron chi connectivity index (χ4n) is 2.97. The van der Waals surface area contributed by atoms with Crippen molar-refractivity contribution in [3.05, 3.63) is 78.4 Å². The van der Waals surface area contributed by atoms with Gasteiger partial charge in [0, 0.05) is 6.42 Å². The lowest BCUT2D eigenvalue weighted by Crippen LogP contribution is -2.32. The van der Waals surface area contributed by atoms with Crippen molar-refractivity contribution in [2.45, 2.75) is 6.42 Å². The molecule has 0 radical (unpaired) electrons. The molecular formula is C24H22N2O7. The molecule has 0 aromatic heterocycles. The molecule has 33 heavy (non-hydrogen) atoms. The van der Waals surface area contributed by atoms with Gasteiger partial charge in [-0.2, -0.15) is 11.0 Å². The quantitative estimate of drug-likeness (QED) is 0.630. The summed E-state index contributed by atoms with van der Waals surface area (Å²) in [6, 6.07) is 21.3. The molecule has 4 rings (SSSR count). The van der Waals surface area contributed by atoms with Crippen LogP contribution >= 0.6 is 0 Å². The molecule has 1 aliphatic heterocycles. The maximum absolute atomic E-state index is 12.2. The van der Waals surface area contributed by atoms with Crippen molar-refractivity contribution < 1.29 is 33.5 Å². The first-order chi connectivity index (χ1) is 16.2. The third-order valence-corrected chi connectivity index (χ3v) is 4.54. The lowest BCUT2D eigenvalue weighted by atomic mass is 10.2. The summed E-state index contributed by atoms with van der Waals surface area (Å²) in [5.74, 6) is 0.174. The third-order valence-electron chi connectivity index (χ3n) is 4.54. The Bertz CT molecular complexity index is 1040. The number of rotatable bonds is 4. The summed E-state index contributed by atoms with van der Waals surface area (Å²) in [5.41, 5.74) is 5.73. The van der Waals surface area contributed by atoms with Gasteiger partial charge in [0.05, 0.1) is 6.61 Å². The minimum absolute atomic E-state index is 0.203. The van der Waals surface area contributed by atoms with Crippen LogP contribution < -0.4 is 34.8 Å². The van der Waals surface area contributed by atoms with Gasteiger partial charge in [0.1, 0.15) is 0 Å². The summed E-state index contributed by atoms with van der Waals surface area (Å²) in [4.78, 5) is 35.4. The minimum atomic E-state index is -0.532. The molecule has 0 spiro atoms. The number of fused-ring (bicyclic) bond motifs is 3. The van der Waals surface area contributed by atoms with Gasteiger partial charge >= 0.3 is 0 Å². The van der Waals surface area contributed by atoms with E-state index in [9.17, 15) is 9.59 Å². The maximum atomic E-state index is 12.2. The standard InChI is InChI=1S/C24H22N2O7/c27-22-15-30-18-9-4-5-10-19(18)31-16-23(28)26-33-21-12-6-11-20(32-25-22)24(21)29-14-13-17-7-2-1-3-8-17/h1-12H,13-16H2,(H,25,27)(H,26,28). The second-order valence-corrected chi connectivity index (χ2v) is 6.95. The predicted molar refractivity (Wildman–Crippen MR) is 117 cm³/mol. The molecule has 1 aliphatic rings. The first-order valence-electron chi connectivity index (χ1n) is 10.2. The first-order valence-corrected chi connectivity index (χ1v) is 10.2. The van der Waals surface area contributed by atoms with E-state index in [4.69, 9.17) is 23.9 Å². The molecular weight excluding hydrogens is 428 g/mol. The Hall–Kier alpha value is -4.40. The number of carbonyl (C=O) groups excluding carboxylic acids is 2. The van der Waals surface area contributed by atoms with Gasteiger partial charge in [-0.1, -0.05) is 48.5 Å². The molecule has 2 amide bonds. The molecule has 9 nitrogen and oxygen atoms in total. The highest BCUT2D eigenvalue weighted by molar-refractivity contribution is 5.77. The highest BCUT2D eigenvalue weighted by atomic mass is 16.7. The summed E-state index contributed by atoms with van der Waals surface area (Å²) in [6.07, 6.45) is 0.632. The molecule has 0 unspecified atom stereocenters. The molecule has 2 bridgehead atoms. The Labute approximate surface area is 190 Å². The predicted octanol–water partition coefficient (Wildman–Crippen LogP) is 2.60. The number of hydrogen-bond donors (Lipinski definition) is 2. The van der Waals surface area contributed by atoms with Crippen LogP contribution in [0, 0.1) is 0 Å². The van der Waals surface area contributed by atoms with E-state index < -0.39 is 11.8 Å². The molecule has 9 heteroatoms. The summed E-state index contributed by atoms with van der Waals surface area (Å²) in [6.45, 7) is -0.343. The van der Waals surface area contributed by atoms with Gasteiger partial charge in [0.15, 0.2) is 24.7 Å². The number of hydroxylamine groups is 2. The van der Waals surface area contributed by atoms with E-state index in [0.29, 0.717) is 24.5 Å². The fourth-order valence-corrected chi connectivity index (χ4v) is 2.97. The largest absolute Gasteiger partial charge is 0.486 e. The Kier molecular flexibility index (Phi) is 7.11. The highest BCUT2D eigenvalue weighted by Gasteiger charge is 2.18. The number of carbonyl (C=O) groups is 2. The summed E-state index contributed by atoms with van der Waals surface area (Å²) >= 11 is 0. The molecule has 0 saturated carbocycles. The molecule has 0 aliphatic carbocycles. The fraction of sp³-hybridized carbons (Fsp3) is 0.167. The average molecular weight is 450 g/mol. The van der Waals surface area contributed by atoms with Crippen LogP contribution in [0.1, 0.15) is 5.56 Å². The summed E-state index contributed by atoms with van der Waals surface area (Å²) < 4.78 is 16.9. The highest BCUT2D eigenvalue weighted by Crippen LogP contribution is 2.37. The topological polar surface area (TPSA) is 104 Å². The number of benzene rings is 3. The second-order valence-electron chi connectivity index (χ2n) is 6.95. The van der Waals surface area contributed by atoms with Crippen molar-refractivity contribution in [1.29, 1.82) is 0 Å². The molecule has 3 aromatic carbocycles. The van der Waals surface area contributed by atoms with E-state index in [2.05, 4.69) is 11.0 Å². The van der Waals surface area contributed by atoms with E-state index in [-0.39, 0.29) is 30.5 Å². The number of para-hydroxylation sites is 3. The maximum Gasteiger partial charge on any atom is 0.290 e. The molecule has 0 saturated heterocycles. The minimum Gasteiger partial charge on any atom is -0.486 e. The van der Waals surface area contributed by atoms with Gasteiger partial charge in [-0.25, -0.2) is 0 Å². The van der Waals surface area contributed by atoms with Crippen molar-refractivity contribution in [2.24, 2.45) is 0 Å².